The zero-order valence-electron chi connectivity index (χ0n) is 14.3. The first-order chi connectivity index (χ1) is 12.0. The number of hydrogen-bond donors (Lipinski definition) is 1. The van der Waals surface area contributed by atoms with Gasteiger partial charge in [0.15, 0.2) is 11.0 Å². The zero-order valence-corrected chi connectivity index (χ0v) is 15.1. The van der Waals surface area contributed by atoms with Gasteiger partial charge in [0.1, 0.15) is 0 Å². The molecular weight excluding hydrogens is 334 g/mol. The van der Waals surface area contributed by atoms with Crippen molar-refractivity contribution in [1.29, 1.82) is 0 Å². The van der Waals surface area contributed by atoms with Gasteiger partial charge in [-0.2, -0.15) is 0 Å². The summed E-state index contributed by atoms with van der Waals surface area (Å²) in [6, 6.07) is 9.94. The third-order valence-corrected chi connectivity index (χ3v) is 5.06. The molecule has 128 valence electrons. The number of nitrogens with two attached hydrogens (primary N) is 1. The third-order valence-electron chi connectivity index (χ3n) is 4.00. The maximum absolute atomic E-state index is 11.5. The zero-order chi connectivity index (χ0) is 18.0. The van der Waals surface area contributed by atoms with Crippen molar-refractivity contribution in [1.82, 2.24) is 19.7 Å². The van der Waals surface area contributed by atoms with Crippen molar-refractivity contribution < 1.29 is 4.79 Å². The molecule has 0 aliphatic carbocycles. The molecule has 1 atom stereocenters. The summed E-state index contributed by atoms with van der Waals surface area (Å²) in [6.45, 7) is 5.90. The summed E-state index contributed by atoms with van der Waals surface area (Å²) in [5, 5.41) is 8.85. The Balaban J connectivity index is 2.15. The highest BCUT2D eigenvalue weighted by molar-refractivity contribution is 8.00. The van der Waals surface area contributed by atoms with Crippen LogP contribution < -0.4 is 5.73 Å². The second kappa shape index (κ2) is 7.06. The van der Waals surface area contributed by atoms with Crippen LogP contribution in [-0.4, -0.2) is 30.9 Å². The van der Waals surface area contributed by atoms with E-state index >= 15 is 0 Å². The smallest absolute Gasteiger partial charge is 0.230 e. The summed E-state index contributed by atoms with van der Waals surface area (Å²) in [5.74, 6) is 0.315. The van der Waals surface area contributed by atoms with Gasteiger partial charge in [-0.05, 0) is 56.2 Å². The lowest BCUT2D eigenvalue weighted by Gasteiger charge is -2.13. The van der Waals surface area contributed by atoms with E-state index in [1.807, 2.05) is 22.8 Å². The number of carbonyl (C=O) groups excluding carboxylic acids is 1. The molecule has 0 fully saturated rings. The molecule has 0 saturated heterocycles. The Morgan fingerprint density at radius 1 is 1.12 bits per heavy atom. The van der Waals surface area contributed by atoms with Gasteiger partial charge in [0.05, 0.1) is 10.9 Å². The molecule has 0 spiro atoms. The van der Waals surface area contributed by atoms with Crippen LogP contribution in [0, 0.1) is 13.8 Å². The molecule has 2 heterocycles. The number of aryl methyl sites for hydroxylation is 2. The van der Waals surface area contributed by atoms with E-state index in [-0.39, 0.29) is 5.91 Å². The van der Waals surface area contributed by atoms with Gasteiger partial charge in [-0.25, -0.2) is 0 Å². The molecule has 2 aromatic heterocycles. The summed E-state index contributed by atoms with van der Waals surface area (Å²) >= 11 is 1.30. The molecule has 7 heteroatoms. The van der Waals surface area contributed by atoms with Gasteiger partial charge in [0.25, 0.3) is 0 Å². The lowest BCUT2D eigenvalue weighted by molar-refractivity contribution is -0.117. The lowest BCUT2D eigenvalue weighted by atomic mass is 10.1. The van der Waals surface area contributed by atoms with Crippen molar-refractivity contribution in [3.63, 3.8) is 0 Å². The van der Waals surface area contributed by atoms with Crippen LogP contribution in [0.2, 0.25) is 0 Å². The SMILES string of the molecule is Cc1ccc(-n2c(S[C@H](C)C(N)=O)nnc2-c2ccncc2)cc1C. The first-order valence-electron chi connectivity index (χ1n) is 7.87. The quantitative estimate of drug-likeness (QED) is 0.713. The van der Waals surface area contributed by atoms with E-state index in [9.17, 15) is 4.79 Å². The van der Waals surface area contributed by atoms with E-state index in [1.165, 1.54) is 22.9 Å². The minimum atomic E-state index is -0.403. The minimum absolute atomic E-state index is 0.384. The number of rotatable bonds is 5. The fraction of sp³-hybridized carbons (Fsp3) is 0.222. The van der Waals surface area contributed by atoms with Crippen LogP contribution in [-0.2, 0) is 4.79 Å². The van der Waals surface area contributed by atoms with Crippen molar-refractivity contribution in [2.75, 3.05) is 0 Å². The number of primary amides is 1. The number of aromatic nitrogens is 4. The average Bonchev–Trinajstić information content (AvgIpc) is 3.01. The molecule has 2 N–H and O–H groups in total. The molecule has 0 radical (unpaired) electrons. The van der Waals surface area contributed by atoms with Crippen LogP contribution in [0.15, 0.2) is 47.9 Å². The van der Waals surface area contributed by atoms with Gasteiger partial charge in [-0.3, -0.25) is 14.3 Å². The van der Waals surface area contributed by atoms with E-state index in [1.54, 1.807) is 19.3 Å². The number of carbonyl (C=O) groups is 1. The Bertz CT molecular complexity index is 907. The predicted molar refractivity (Wildman–Crippen MR) is 98.6 cm³/mol. The number of pyridine rings is 1. The Hall–Kier alpha value is -2.67. The molecule has 0 bridgehead atoms. The second-order valence-electron chi connectivity index (χ2n) is 5.81. The normalized spacial score (nSPS) is 12.1. The van der Waals surface area contributed by atoms with E-state index in [0.717, 1.165) is 11.3 Å². The van der Waals surface area contributed by atoms with Crippen molar-refractivity contribution >= 4 is 17.7 Å². The first kappa shape index (κ1) is 17.2. The fourth-order valence-corrected chi connectivity index (χ4v) is 3.17. The van der Waals surface area contributed by atoms with Gasteiger partial charge in [-0.1, -0.05) is 17.8 Å². The summed E-state index contributed by atoms with van der Waals surface area (Å²) in [6.07, 6.45) is 3.43. The maximum atomic E-state index is 11.5. The summed E-state index contributed by atoms with van der Waals surface area (Å²) in [4.78, 5) is 15.5. The minimum Gasteiger partial charge on any atom is -0.369 e. The highest BCUT2D eigenvalue weighted by Gasteiger charge is 2.20. The van der Waals surface area contributed by atoms with E-state index in [0.29, 0.717) is 11.0 Å². The largest absolute Gasteiger partial charge is 0.369 e. The maximum Gasteiger partial charge on any atom is 0.230 e. The van der Waals surface area contributed by atoms with Gasteiger partial charge in [-0.15, -0.1) is 10.2 Å². The monoisotopic (exact) mass is 353 g/mol. The highest BCUT2D eigenvalue weighted by Crippen LogP contribution is 2.30. The van der Waals surface area contributed by atoms with Gasteiger partial charge >= 0.3 is 0 Å². The number of thioether (sulfide) groups is 1. The predicted octanol–water partition coefficient (Wildman–Crippen LogP) is 2.91. The third kappa shape index (κ3) is 3.56. The summed E-state index contributed by atoms with van der Waals surface area (Å²) in [7, 11) is 0. The number of benzene rings is 1. The lowest BCUT2D eigenvalue weighted by Crippen LogP contribution is -2.23. The molecule has 0 saturated carbocycles. The van der Waals surface area contributed by atoms with Crippen molar-refractivity contribution in [2.45, 2.75) is 31.2 Å². The van der Waals surface area contributed by atoms with Gasteiger partial charge in [0.2, 0.25) is 5.91 Å². The Labute approximate surface area is 150 Å². The van der Waals surface area contributed by atoms with Crippen LogP contribution in [0.1, 0.15) is 18.1 Å². The molecule has 0 aliphatic rings. The standard InChI is InChI=1S/C18H19N5OS/c1-11-4-5-15(10-12(11)2)23-17(14-6-8-20-9-7-14)21-22-18(23)25-13(3)16(19)24/h4-10,13H,1-3H3,(H2,19,24)/t13-/m1/s1. The number of nitrogens with zero attached hydrogens (tertiary/aromatic N) is 4. The first-order valence-corrected chi connectivity index (χ1v) is 8.74. The fourth-order valence-electron chi connectivity index (χ4n) is 2.35. The van der Waals surface area contributed by atoms with Crippen LogP contribution in [0.3, 0.4) is 0 Å². The van der Waals surface area contributed by atoms with E-state index in [4.69, 9.17) is 5.73 Å². The Kier molecular flexibility index (Phi) is 4.85. The van der Waals surface area contributed by atoms with Crippen LogP contribution in [0.25, 0.3) is 17.1 Å². The number of amides is 1. The van der Waals surface area contributed by atoms with Crippen molar-refractivity contribution in [2.24, 2.45) is 5.73 Å². The van der Waals surface area contributed by atoms with Crippen LogP contribution in [0.5, 0.6) is 0 Å². The molecule has 0 unspecified atom stereocenters. The van der Waals surface area contributed by atoms with Gasteiger partial charge in [0, 0.05) is 18.0 Å². The molecule has 1 aromatic carbocycles. The molecule has 3 rings (SSSR count). The highest BCUT2D eigenvalue weighted by atomic mass is 32.2. The van der Waals surface area contributed by atoms with Crippen molar-refractivity contribution in [3.8, 4) is 17.1 Å². The second-order valence-corrected chi connectivity index (χ2v) is 7.12. The summed E-state index contributed by atoms with van der Waals surface area (Å²) in [5.41, 5.74) is 9.64. The molecule has 25 heavy (non-hydrogen) atoms. The van der Waals surface area contributed by atoms with Crippen molar-refractivity contribution in [3.05, 3.63) is 53.9 Å². The Morgan fingerprint density at radius 3 is 2.48 bits per heavy atom. The summed E-state index contributed by atoms with van der Waals surface area (Å²) < 4.78 is 1.95. The Morgan fingerprint density at radius 2 is 1.84 bits per heavy atom. The molecule has 3 aromatic rings. The molecule has 0 aliphatic heterocycles. The van der Waals surface area contributed by atoms with Gasteiger partial charge < -0.3 is 5.73 Å². The number of hydrogen-bond acceptors (Lipinski definition) is 5. The molecule has 1 amide bonds. The molecule has 6 nitrogen and oxygen atoms in total. The van der Waals surface area contributed by atoms with Crippen LogP contribution in [0.4, 0.5) is 0 Å². The van der Waals surface area contributed by atoms with E-state index < -0.39 is 5.25 Å². The van der Waals surface area contributed by atoms with Crippen LogP contribution >= 0.6 is 11.8 Å². The van der Waals surface area contributed by atoms with E-state index in [2.05, 4.69) is 41.2 Å². The topological polar surface area (TPSA) is 86.7 Å². The average molecular weight is 353 g/mol. The molecular formula is C18H19N5OS.